The molecule has 0 amide bonds. The second-order valence-electron chi connectivity index (χ2n) is 3.45. The molecule has 0 saturated heterocycles. The SMILES string of the molecule is CNCc1sc(-c2ccncn2)nc1COC. The van der Waals surface area contributed by atoms with Gasteiger partial charge in [-0.2, -0.15) is 0 Å². The van der Waals surface area contributed by atoms with Gasteiger partial charge >= 0.3 is 0 Å². The van der Waals surface area contributed by atoms with Crippen LogP contribution in [-0.2, 0) is 17.9 Å². The van der Waals surface area contributed by atoms with Crippen LogP contribution in [0.1, 0.15) is 10.6 Å². The maximum absolute atomic E-state index is 5.15. The summed E-state index contributed by atoms with van der Waals surface area (Å²) in [6.45, 7) is 1.32. The van der Waals surface area contributed by atoms with Crippen LogP contribution in [0.4, 0.5) is 0 Å². The van der Waals surface area contributed by atoms with E-state index in [0.29, 0.717) is 6.61 Å². The first-order chi connectivity index (χ1) is 8.35. The average molecular weight is 250 g/mol. The Kier molecular flexibility index (Phi) is 4.13. The van der Waals surface area contributed by atoms with Crippen molar-refractivity contribution in [3.8, 4) is 10.7 Å². The van der Waals surface area contributed by atoms with Crippen molar-refractivity contribution in [3.05, 3.63) is 29.2 Å². The summed E-state index contributed by atoms with van der Waals surface area (Å²) in [6.07, 6.45) is 3.25. The van der Waals surface area contributed by atoms with Crippen molar-refractivity contribution >= 4 is 11.3 Å². The first kappa shape index (κ1) is 12.1. The third kappa shape index (κ3) is 2.85. The normalized spacial score (nSPS) is 10.7. The lowest BCUT2D eigenvalue weighted by atomic mass is 10.3. The lowest BCUT2D eigenvalue weighted by molar-refractivity contribution is 0.181. The van der Waals surface area contributed by atoms with Crippen molar-refractivity contribution < 1.29 is 4.74 Å². The van der Waals surface area contributed by atoms with Crippen LogP contribution >= 0.6 is 11.3 Å². The van der Waals surface area contributed by atoms with Crippen LogP contribution in [0.2, 0.25) is 0 Å². The zero-order valence-corrected chi connectivity index (χ0v) is 10.6. The second kappa shape index (κ2) is 5.81. The van der Waals surface area contributed by atoms with Crippen LogP contribution in [-0.4, -0.2) is 29.1 Å². The molecule has 0 spiro atoms. The first-order valence-corrected chi connectivity index (χ1v) is 6.05. The maximum Gasteiger partial charge on any atom is 0.142 e. The van der Waals surface area contributed by atoms with E-state index in [1.165, 1.54) is 11.2 Å². The predicted octanol–water partition coefficient (Wildman–Crippen LogP) is 1.47. The highest BCUT2D eigenvalue weighted by molar-refractivity contribution is 7.15. The molecule has 0 unspecified atom stereocenters. The molecule has 17 heavy (non-hydrogen) atoms. The van der Waals surface area contributed by atoms with Crippen molar-refractivity contribution in [1.82, 2.24) is 20.3 Å². The van der Waals surface area contributed by atoms with Crippen LogP contribution in [0.25, 0.3) is 10.7 Å². The molecular weight excluding hydrogens is 236 g/mol. The lowest BCUT2D eigenvalue weighted by Gasteiger charge is -1.98. The molecule has 0 aliphatic heterocycles. The molecule has 0 aliphatic carbocycles. The van der Waals surface area contributed by atoms with Gasteiger partial charge in [0.2, 0.25) is 0 Å². The Morgan fingerprint density at radius 1 is 1.47 bits per heavy atom. The molecule has 5 nitrogen and oxygen atoms in total. The van der Waals surface area contributed by atoms with Crippen molar-refractivity contribution in [3.63, 3.8) is 0 Å². The molecule has 6 heteroatoms. The molecule has 0 bridgehead atoms. The van der Waals surface area contributed by atoms with Gasteiger partial charge in [0.05, 0.1) is 12.3 Å². The summed E-state index contributed by atoms with van der Waals surface area (Å²) in [4.78, 5) is 13.8. The molecule has 2 aromatic heterocycles. The second-order valence-corrected chi connectivity index (χ2v) is 4.53. The smallest absolute Gasteiger partial charge is 0.142 e. The van der Waals surface area contributed by atoms with Gasteiger partial charge in [0.1, 0.15) is 17.0 Å². The standard InChI is InChI=1S/C11H14N4OS/c1-12-5-10-9(6-16-2)15-11(17-10)8-3-4-13-7-14-8/h3-4,7,12H,5-6H2,1-2H3. The fourth-order valence-electron chi connectivity index (χ4n) is 1.46. The number of thiazole rings is 1. The van der Waals surface area contributed by atoms with Crippen LogP contribution in [0.3, 0.4) is 0 Å². The van der Waals surface area contributed by atoms with E-state index in [2.05, 4.69) is 20.3 Å². The third-order valence-electron chi connectivity index (χ3n) is 2.20. The molecule has 2 rings (SSSR count). The Morgan fingerprint density at radius 2 is 2.35 bits per heavy atom. The molecule has 1 N–H and O–H groups in total. The zero-order valence-electron chi connectivity index (χ0n) is 9.80. The van der Waals surface area contributed by atoms with Gasteiger partial charge in [0.25, 0.3) is 0 Å². The van der Waals surface area contributed by atoms with E-state index in [1.54, 1.807) is 24.6 Å². The minimum absolute atomic E-state index is 0.526. The van der Waals surface area contributed by atoms with Crippen LogP contribution in [0.15, 0.2) is 18.6 Å². The summed E-state index contributed by atoms with van der Waals surface area (Å²) >= 11 is 1.63. The molecular formula is C11H14N4OS. The molecule has 0 radical (unpaired) electrons. The number of methoxy groups -OCH3 is 1. The highest BCUT2D eigenvalue weighted by atomic mass is 32.1. The van der Waals surface area contributed by atoms with Gasteiger partial charge in [-0.05, 0) is 13.1 Å². The number of hydrogen-bond acceptors (Lipinski definition) is 6. The van der Waals surface area contributed by atoms with Crippen molar-refractivity contribution in [2.24, 2.45) is 0 Å². The Balaban J connectivity index is 2.33. The molecule has 0 aliphatic rings. The highest BCUT2D eigenvalue weighted by Crippen LogP contribution is 2.26. The van der Waals surface area contributed by atoms with E-state index in [0.717, 1.165) is 22.9 Å². The highest BCUT2D eigenvalue weighted by Gasteiger charge is 2.12. The Hall–Kier alpha value is -1.37. The fourth-order valence-corrected chi connectivity index (χ4v) is 2.51. The Labute approximate surface area is 104 Å². The summed E-state index contributed by atoms with van der Waals surface area (Å²) in [6, 6.07) is 1.86. The number of aromatic nitrogens is 3. The minimum Gasteiger partial charge on any atom is -0.378 e. The number of hydrogen-bond donors (Lipinski definition) is 1. The van der Waals surface area contributed by atoms with E-state index in [4.69, 9.17) is 4.74 Å². The van der Waals surface area contributed by atoms with E-state index < -0.39 is 0 Å². The van der Waals surface area contributed by atoms with Gasteiger partial charge in [-0.15, -0.1) is 11.3 Å². The van der Waals surface area contributed by atoms with Crippen molar-refractivity contribution in [2.45, 2.75) is 13.2 Å². The Morgan fingerprint density at radius 3 is 3.00 bits per heavy atom. The van der Waals surface area contributed by atoms with Gasteiger partial charge in [-0.1, -0.05) is 0 Å². The van der Waals surface area contributed by atoms with Gasteiger partial charge in [0.15, 0.2) is 0 Å². The van der Waals surface area contributed by atoms with Gasteiger partial charge in [0, 0.05) is 24.7 Å². The molecule has 90 valence electrons. The number of ether oxygens (including phenoxy) is 1. The summed E-state index contributed by atoms with van der Waals surface area (Å²) < 4.78 is 5.15. The molecule has 0 saturated carbocycles. The van der Waals surface area contributed by atoms with E-state index in [1.807, 2.05) is 13.1 Å². The first-order valence-electron chi connectivity index (χ1n) is 5.23. The van der Waals surface area contributed by atoms with E-state index in [9.17, 15) is 0 Å². The maximum atomic E-state index is 5.15. The summed E-state index contributed by atoms with van der Waals surface area (Å²) in [5.74, 6) is 0. The van der Waals surface area contributed by atoms with Crippen LogP contribution in [0, 0.1) is 0 Å². The summed E-state index contributed by atoms with van der Waals surface area (Å²) in [5, 5.41) is 4.04. The van der Waals surface area contributed by atoms with Gasteiger partial charge < -0.3 is 10.1 Å². The Bertz CT molecular complexity index is 448. The quantitative estimate of drug-likeness (QED) is 0.870. The fraction of sp³-hybridized carbons (Fsp3) is 0.364. The molecule has 0 aromatic carbocycles. The van der Waals surface area contributed by atoms with Gasteiger partial charge in [-0.3, -0.25) is 0 Å². The van der Waals surface area contributed by atoms with Crippen LogP contribution < -0.4 is 5.32 Å². The third-order valence-corrected chi connectivity index (χ3v) is 3.32. The molecule has 0 atom stereocenters. The topological polar surface area (TPSA) is 59.9 Å². The van der Waals surface area contributed by atoms with E-state index in [-0.39, 0.29) is 0 Å². The summed E-state index contributed by atoms with van der Waals surface area (Å²) in [7, 11) is 3.59. The number of rotatable bonds is 5. The minimum atomic E-state index is 0.526. The van der Waals surface area contributed by atoms with Crippen molar-refractivity contribution in [2.75, 3.05) is 14.2 Å². The predicted molar refractivity (Wildman–Crippen MR) is 66.6 cm³/mol. The average Bonchev–Trinajstić information content (AvgIpc) is 2.75. The number of nitrogens with zero attached hydrogens (tertiary/aromatic N) is 3. The molecule has 0 fully saturated rings. The van der Waals surface area contributed by atoms with Crippen LogP contribution in [0.5, 0.6) is 0 Å². The lowest BCUT2D eigenvalue weighted by Crippen LogP contribution is -2.06. The van der Waals surface area contributed by atoms with Crippen molar-refractivity contribution in [1.29, 1.82) is 0 Å². The van der Waals surface area contributed by atoms with Gasteiger partial charge in [-0.25, -0.2) is 15.0 Å². The molecule has 2 heterocycles. The molecule has 2 aromatic rings. The zero-order chi connectivity index (χ0) is 12.1. The summed E-state index contributed by atoms with van der Waals surface area (Å²) in [5.41, 5.74) is 1.82. The van der Waals surface area contributed by atoms with E-state index >= 15 is 0 Å². The monoisotopic (exact) mass is 250 g/mol. The number of nitrogens with one attached hydrogen (secondary N) is 1. The largest absolute Gasteiger partial charge is 0.378 e.